The molecule has 2 rings (SSSR count). The number of rotatable bonds is 5. The van der Waals surface area contributed by atoms with E-state index in [1.54, 1.807) is 6.07 Å². The van der Waals surface area contributed by atoms with Crippen molar-refractivity contribution >= 4 is 11.6 Å². The zero-order valence-corrected chi connectivity index (χ0v) is 12.2. The van der Waals surface area contributed by atoms with Gasteiger partial charge in [0.15, 0.2) is 0 Å². The van der Waals surface area contributed by atoms with Crippen molar-refractivity contribution in [3.05, 3.63) is 39.9 Å². The molecule has 1 aromatic rings. The van der Waals surface area contributed by atoms with Crippen molar-refractivity contribution in [1.82, 2.24) is 4.90 Å². The third-order valence-corrected chi connectivity index (χ3v) is 4.06. The Morgan fingerprint density at radius 3 is 2.90 bits per heavy atom. The maximum atomic E-state index is 12.3. The summed E-state index contributed by atoms with van der Waals surface area (Å²) in [6, 6.07) is 6.69. The van der Waals surface area contributed by atoms with Crippen LogP contribution in [-0.2, 0) is 11.2 Å². The predicted octanol–water partition coefficient (Wildman–Crippen LogP) is 1.72. The smallest absolute Gasteiger partial charge is 0.269 e. The van der Waals surface area contributed by atoms with Gasteiger partial charge in [0, 0.05) is 31.1 Å². The van der Waals surface area contributed by atoms with Crippen molar-refractivity contribution in [2.75, 3.05) is 13.1 Å². The molecule has 1 aliphatic rings. The van der Waals surface area contributed by atoms with Crippen LogP contribution in [0.3, 0.4) is 0 Å². The molecule has 6 nitrogen and oxygen atoms in total. The van der Waals surface area contributed by atoms with Gasteiger partial charge in [-0.25, -0.2) is 0 Å². The second kappa shape index (κ2) is 6.67. The first kappa shape index (κ1) is 15.4. The van der Waals surface area contributed by atoms with Gasteiger partial charge in [0.05, 0.1) is 4.92 Å². The number of nitrogens with zero attached hydrogens (tertiary/aromatic N) is 2. The molecule has 1 heterocycles. The third-order valence-electron chi connectivity index (χ3n) is 4.06. The average Bonchev–Trinajstić information content (AvgIpc) is 2.86. The fourth-order valence-electron chi connectivity index (χ4n) is 2.88. The van der Waals surface area contributed by atoms with Crippen molar-refractivity contribution in [3.63, 3.8) is 0 Å². The van der Waals surface area contributed by atoms with Crippen LogP contribution in [0, 0.1) is 16.0 Å². The molecule has 1 aromatic carbocycles. The molecule has 0 saturated carbocycles. The second-order valence-electron chi connectivity index (χ2n) is 5.66. The Morgan fingerprint density at radius 2 is 2.29 bits per heavy atom. The molecule has 0 bridgehead atoms. The van der Waals surface area contributed by atoms with Crippen LogP contribution in [0.15, 0.2) is 24.3 Å². The lowest BCUT2D eigenvalue weighted by atomic mass is 10.1. The summed E-state index contributed by atoms with van der Waals surface area (Å²) < 4.78 is 0. The Balaban J connectivity index is 1.92. The molecule has 0 radical (unpaired) electrons. The molecular formula is C15H21N3O3. The maximum absolute atomic E-state index is 12.3. The summed E-state index contributed by atoms with van der Waals surface area (Å²) in [6.45, 7) is 3.38. The standard InChI is InChI=1S/C15H21N3O3/c1-11-7-13(9-16)10-17(11)15(19)6-5-12-3-2-4-14(8-12)18(20)21/h2-4,8,11,13H,5-7,9-10,16H2,1H3. The SMILES string of the molecule is CC1CC(CN)CN1C(=O)CCc1cccc([N+](=O)[O-])c1. The zero-order valence-electron chi connectivity index (χ0n) is 12.2. The van der Waals surface area contributed by atoms with E-state index < -0.39 is 4.92 Å². The number of benzene rings is 1. The fraction of sp³-hybridized carbons (Fsp3) is 0.533. The molecule has 0 spiro atoms. The molecule has 1 saturated heterocycles. The maximum Gasteiger partial charge on any atom is 0.269 e. The summed E-state index contributed by atoms with van der Waals surface area (Å²) in [4.78, 5) is 24.5. The van der Waals surface area contributed by atoms with E-state index in [4.69, 9.17) is 5.73 Å². The van der Waals surface area contributed by atoms with Crippen LogP contribution < -0.4 is 5.73 Å². The summed E-state index contributed by atoms with van der Waals surface area (Å²) >= 11 is 0. The molecule has 1 aliphatic heterocycles. The number of likely N-dealkylation sites (tertiary alicyclic amines) is 1. The number of carbonyl (C=O) groups excluding carboxylic acids is 1. The first-order valence-corrected chi connectivity index (χ1v) is 7.24. The number of hydrogen-bond acceptors (Lipinski definition) is 4. The number of hydrogen-bond donors (Lipinski definition) is 1. The number of nitrogens with two attached hydrogens (primary N) is 1. The number of carbonyl (C=O) groups is 1. The van der Waals surface area contributed by atoms with E-state index in [0.717, 1.165) is 18.5 Å². The van der Waals surface area contributed by atoms with Crippen molar-refractivity contribution in [2.24, 2.45) is 11.7 Å². The van der Waals surface area contributed by atoms with E-state index in [-0.39, 0.29) is 17.6 Å². The molecule has 0 aromatic heterocycles. The Bertz CT molecular complexity index is 533. The second-order valence-corrected chi connectivity index (χ2v) is 5.66. The minimum atomic E-state index is -0.417. The fourth-order valence-corrected chi connectivity index (χ4v) is 2.88. The van der Waals surface area contributed by atoms with Crippen molar-refractivity contribution < 1.29 is 9.72 Å². The third kappa shape index (κ3) is 3.78. The van der Waals surface area contributed by atoms with Gasteiger partial charge in [-0.05, 0) is 37.8 Å². The highest BCUT2D eigenvalue weighted by Crippen LogP contribution is 2.23. The Kier molecular flexibility index (Phi) is 4.90. The van der Waals surface area contributed by atoms with E-state index in [0.29, 0.717) is 25.3 Å². The van der Waals surface area contributed by atoms with Gasteiger partial charge in [-0.1, -0.05) is 12.1 Å². The van der Waals surface area contributed by atoms with Crippen molar-refractivity contribution in [2.45, 2.75) is 32.2 Å². The van der Waals surface area contributed by atoms with E-state index >= 15 is 0 Å². The Labute approximate surface area is 124 Å². The molecule has 2 unspecified atom stereocenters. The lowest BCUT2D eigenvalue weighted by Gasteiger charge is -2.21. The van der Waals surface area contributed by atoms with Gasteiger partial charge < -0.3 is 10.6 Å². The van der Waals surface area contributed by atoms with Crippen LogP contribution in [-0.4, -0.2) is 34.9 Å². The summed E-state index contributed by atoms with van der Waals surface area (Å²) in [5.74, 6) is 0.492. The summed E-state index contributed by atoms with van der Waals surface area (Å²) in [5, 5.41) is 10.7. The van der Waals surface area contributed by atoms with E-state index in [2.05, 4.69) is 0 Å². The van der Waals surface area contributed by atoms with Gasteiger partial charge in [-0.15, -0.1) is 0 Å². The largest absolute Gasteiger partial charge is 0.340 e. The van der Waals surface area contributed by atoms with Crippen LogP contribution in [0.1, 0.15) is 25.3 Å². The lowest BCUT2D eigenvalue weighted by molar-refractivity contribution is -0.384. The normalized spacial score (nSPS) is 21.5. The quantitative estimate of drug-likeness (QED) is 0.660. The van der Waals surface area contributed by atoms with Crippen LogP contribution >= 0.6 is 0 Å². The van der Waals surface area contributed by atoms with Gasteiger partial charge in [0.1, 0.15) is 0 Å². The summed E-state index contributed by atoms with van der Waals surface area (Å²) in [5.41, 5.74) is 6.55. The van der Waals surface area contributed by atoms with E-state index in [1.807, 2.05) is 17.9 Å². The molecule has 114 valence electrons. The van der Waals surface area contributed by atoms with Gasteiger partial charge in [-0.2, -0.15) is 0 Å². The molecule has 6 heteroatoms. The topological polar surface area (TPSA) is 89.5 Å². The number of amides is 1. The highest BCUT2D eigenvalue weighted by atomic mass is 16.6. The molecular weight excluding hydrogens is 270 g/mol. The number of nitro groups is 1. The summed E-state index contributed by atoms with van der Waals surface area (Å²) in [6.07, 6.45) is 1.86. The predicted molar refractivity (Wildman–Crippen MR) is 79.8 cm³/mol. The molecule has 0 aliphatic carbocycles. The number of non-ortho nitro benzene ring substituents is 1. The summed E-state index contributed by atoms with van der Waals surface area (Å²) in [7, 11) is 0. The van der Waals surface area contributed by atoms with Crippen LogP contribution in [0.2, 0.25) is 0 Å². The first-order valence-electron chi connectivity index (χ1n) is 7.24. The monoisotopic (exact) mass is 291 g/mol. The van der Waals surface area contributed by atoms with Crippen molar-refractivity contribution in [3.8, 4) is 0 Å². The average molecular weight is 291 g/mol. The molecule has 1 amide bonds. The lowest BCUT2D eigenvalue weighted by Crippen LogP contribution is -2.34. The molecule has 1 fully saturated rings. The zero-order chi connectivity index (χ0) is 15.4. The van der Waals surface area contributed by atoms with Gasteiger partial charge in [0.25, 0.3) is 5.69 Å². The van der Waals surface area contributed by atoms with Crippen molar-refractivity contribution in [1.29, 1.82) is 0 Å². The van der Waals surface area contributed by atoms with Crippen LogP contribution in [0.25, 0.3) is 0 Å². The minimum absolute atomic E-state index is 0.0673. The minimum Gasteiger partial charge on any atom is -0.340 e. The van der Waals surface area contributed by atoms with Gasteiger partial charge in [0.2, 0.25) is 5.91 Å². The van der Waals surface area contributed by atoms with Gasteiger partial charge in [-0.3, -0.25) is 14.9 Å². The first-order chi connectivity index (χ1) is 10.0. The van der Waals surface area contributed by atoms with Crippen LogP contribution in [0.5, 0.6) is 0 Å². The molecule has 2 N–H and O–H groups in total. The number of nitro benzene ring substituents is 1. The van der Waals surface area contributed by atoms with E-state index in [1.165, 1.54) is 12.1 Å². The Morgan fingerprint density at radius 1 is 1.52 bits per heavy atom. The van der Waals surface area contributed by atoms with Crippen LogP contribution in [0.4, 0.5) is 5.69 Å². The molecule has 2 atom stereocenters. The Hall–Kier alpha value is -1.95. The highest BCUT2D eigenvalue weighted by Gasteiger charge is 2.31. The number of aryl methyl sites for hydroxylation is 1. The highest BCUT2D eigenvalue weighted by molar-refractivity contribution is 5.77. The van der Waals surface area contributed by atoms with Gasteiger partial charge >= 0.3 is 0 Å². The molecule has 21 heavy (non-hydrogen) atoms. The van der Waals surface area contributed by atoms with E-state index in [9.17, 15) is 14.9 Å².